The van der Waals surface area contributed by atoms with E-state index in [4.69, 9.17) is 4.74 Å². The van der Waals surface area contributed by atoms with Crippen molar-refractivity contribution in [1.82, 2.24) is 20.0 Å². The maximum absolute atomic E-state index is 12.0. The predicted octanol–water partition coefficient (Wildman–Crippen LogP) is 3.48. The quantitative estimate of drug-likeness (QED) is 0.515. The largest absolute Gasteiger partial charge is 0.465 e. The third-order valence-corrected chi connectivity index (χ3v) is 4.88. The fourth-order valence-corrected chi connectivity index (χ4v) is 3.37. The molecule has 0 N–H and O–H groups in total. The van der Waals surface area contributed by atoms with Crippen molar-refractivity contribution < 1.29 is 9.53 Å². The maximum Gasteiger partial charge on any atom is 0.319 e. The van der Waals surface area contributed by atoms with Crippen LogP contribution in [0, 0.1) is 13.8 Å². The average molecular weight is 356 g/mol. The Kier molecular flexibility index (Phi) is 5.03. The molecular formula is C18H20N4O2S. The second-order valence-corrected chi connectivity index (χ2v) is 7.09. The number of carbonyl (C=O) groups excluding carboxylic acids is 1. The molecule has 0 amide bonds. The number of hydrogen-bond donors (Lipinski definition) is 0. The molecule has 0 fully saturated rings. The fourth-order valence-electron chi connectivity index (χ4n) is 2.48. The normalized spacial score (nSPS) is 12.3. The number of aryl methyl sites for hydroxylation is 2. The Morgan fingerprint density at radius 3 is 2.64 bits per heavy atom. The highest BCUT2D eigenvalue weighted by molar-refractivity contribution is 8.00. The molecule has 1 atom stereocenters. The third-order valence-electron chi connectivity index (χ3n) is 3.84. The van der Waals surface area contributed by atoms with Crippen LogP contribution in [0.4, 0.5) is 0 Å². The van der Waals surface area contributed by atoms with Crippen LogP contribution in [-0.2, 0) is 9.53 Å². The zero-order chi connectivity index (χ0) is 18.0. The first-order valence-electron chi connectivity index (χ1n) is 8.12. The summed E-state index contributed by atoms with van der Waals surface area (Å²) in [5.41, 5.74) is 3.79. The molecule has 2 aromatic heterocycles. The van der Waals surface area contributed by atoms with Gasteiger partial charge in [-0.15, -0.1) is 5.10 Å². The van der Waals surface area contributed by atoms with E-state index in [2.05, 4.69) is 15.3 Å². The van der Waals surface area contributed by atoms with Gasteiger partial charge in [0.05, 0.1) is 24.2 Å². The standard InChI is InChI=1S/C18H20N4O2S/c1-5-24-18(23)13(4)25-17-16-15(12(3)20-21-17)10-19-22(16)14-8-6-11(2)7-9-14/h6-10,13H,5H2,1-4H3/t13-/m0/s1. The van der Waals surface area contributed by atoms with Gasteiger partial charge in [-0.3, -0.25) is 4.79 Å². The zero-order valence-electron chi connectivity index (χ0n) is 14.7. The smallest absolute Gasteiger partial charge is 0.319 e. The van der Waals surface area contributed by atoms with Crippen LogP contribution < -0.4 is 0 Å². The Labute approximate surface area is 150 Å². The molecule has 3 aromatic rings. The molecule has 6 nitrogen and oxygen atoms in total. The number of fused-ring (bicyclic) bond motifs is 1. The molecule has 0 spiro atoms. The lowest BCUT2D eigenvalue weighted by Gasteiger charge is -2.12. The third kappa shape index (κ3) is 3.51. The van der Waals surface area contributed by atoms with Gasteiger partial charge < -0.3 is 4.74 Å². The van der Waals surface area contributed by atoms with Crippen molar-refractivity contribution in [1.29, 1.82) is 0 Å². The van der Waals surface area contributed by atoms with E-state index >= 15 is 0 Å². The van der Waals surface area contributed by atoms with Crippen molar-refractivity contribution in [2.45, 2.75) is 38.0 Å². The van der Waals surface area contributed by atoms with E-state index < -0.39 is 0 Å². The van der Waals surface area contributed by atoms with E-state index in [-0.39, 0.29) is 11.2 Å². The van der Waals surface area contributed by atoms with Crippen LogP contribution in [-0.4, -0.2) is 37.8 Å². The Morgan fingerprint density at radius 2 is 1.96 bits per heavy atom. The number of nitrogens with zero attached hydrogens (tertiary/aromatic N) is 4. The minimum Gasteiger partial charge on any atom is -0.465 e. The Hall–Kier alpha value is -2.41. The second kappa shape index (κ2) is 7.23. The topological polar surface area (TPSA) is 69.9 Å². The monoisotopic (exact) mass is 356 g/mol. The van der Waals surface area contributed by atoms with Crippen molar-refractivity contribution >= 4 is 28.6 Å². The number of aromatic nitrogens is 4. The summed E-state index contributed by atoms with van der Waals surface area (Å²) in [6, 6.07) is 8.11. The average Bonchev–Trinajstić information content (AvgIpc) is 3.04. The number of esters is 1. The Morgan fingerprint density at radius 1 is 1.24 bits per heavy atom. The van der Waals surface area contributed by atoms with Gasteiger partial charge in [-0.2, -0.15) is 10.2 Å². The minimum absolute atomic E-state index is 0.260. The van der Waals surface area contributed by atoms with E-state index in [1.54, 1.807) is 13.1 Å². The second-order valence-electron chi connectivity index (χ2n) is 5.76. The van der Waals surface area contributed by atoms with Gasteiger partial charge in [-0.1, -0.05) is 29.5 Å². The van der Waals surface area contributed by atoms with Crippen molar-refractivity contribution in [3.8, 4) is 5.69 Å². The first-order valence-corrected chi connectivity index (χ1v) is 9.00. The van der Waals surface area contributed by atoms with Gasteiger partial charge in [0.15, 0.2) is 0 Å². The van der Waals surface area contributed by atoms with E-state index in [0.717, 1.165) is 22.3 Å². The fraction of sp³-hybridized carbons (Fsp3) is 0.333. The highest BCUT2D eigenvalue weighted by Gasteiger charge is 2.21. The molecule has 0 saturated heterocycles. The van der Waals surface area contributed by atoms with Gasteiger partial charge in [0, 0.05) is 5.39 Å². The number of hydrogen-bond acceptors (Lipinski definition) is 6. The summed E-state index contributed by atoms with van der Waals surface area (Å²) in [4.78, 5) is 12.0. The SMILES string of the molecule is CCOC(=O)[C@H](C)Sc1nnc(C)c2cnn(-c3ccc(C)cc3)c12. The number of thioether (sulfide) groups is 1. The van der Waals surface area contributed by atoms with Crippen LogP contribution in [0.25, 0.3) is 16.6 Å². The number of carbonyl (C=O) groups is 1. The van der Waals surface area contributed by atoms with E-state index in [0.29, 0.717) is 11.6 Å². The number of ether oxygens (including phenoxy) is 1. The van der Waals surface area contributed by atoms with Gasteiger partial charge in [-0.05, 0) is 39.8 Å². The van der Waals surface area contributed by atoms with Gasteiger partial charge in [-0.25, -0.2) is 4.68 Å². The zero-order valence-corrected chi connectivity index (χ0v) is 15.5. The lowest BCUT2D eigenvalue weighted by atomic mass is 10.2. The van der Waals surface area contributed by atoms with Crippen LogP contribution >= 0.6 is 11.8 Å². The highest BCUT2D eigenvalue weighted by atomic mass is 32.2. The first-order chi connectivity index (χ1) is 12.0. The van der Waals surface area contributed by atoms with Crippen molar-refractivity contribution in [2.24, 2.45) is 0 Å². The van der Waals surface area contributed by atoms with Crippen LogP contribution in [0.5, 0.6) is 0 Å². The van der Waals surface area contributed by atoms with E-state index in [9.17, 15) is 4.79 Å². The number of rotatable bonds is 5. The van der Waals surface area contributed by atoms with Crippen molar-refractivity contribution in [3.05, 3.63) is 41.7 Å². The van der Waals surface area contributed by atoms with E-state index in [1.165, 1.54) is 17.3 Å². The maximum atomic E-state index is 12.0. The predicted molar refractivity (Wildman–Crippen MR) is 98.1 cm³/mol. The van der Waals surface area contributed by atoms with Crippen LogP contribution in [0.3, 0.4) is 0 Å². The molecule has 0 radical (unpaired) electrons. The minimum atomic E-state index is -0.374. The summed E-state index contributed by atoms with van der Waals surface area (Å²) in [5, 5.41) is 14.2. The molecule has 0 aliphatic rings. The molecular weight excluding hydrogens is 336 g/mol. The summed E-state index contributed by atoms with van der Waals surface area (Å²) in [7, 11) is 0. The molecule has 130 valence electrons. The van der Waals surface area contributed by atoms with Crippen LogP contribution in [0.1, 0.15) is 25.1 Å². The lowest BCUT2D eigenvalue weighted by molar-refractivity contribution is -0.142. The summed E-state index contributed by atoms with van der Waals surface area (Å²) in [5.74, 6) is -0.260. The molecule has 0 bridgehead atoms. The molecule has 3 rings (SSSR count). The van der Waals surface area contributed by atoms with Gasteiger partial charge in [0.25, 0.3) is 0 Å². The molecule has 0 aliphatic heterocycles. The first kappa shape index (κ1) is 17.4. The van der Waals surface area contributed by atoms with Crippen LogP contribution in [0.2, 0.25) is 0 Å². The molecule has 25 heavy (non-hydrogen) atoms. The highest BCUT2D eigenvalue weighted by Crippen LogP contribution is 2.31. The molecule has 2 heterocycles. The van der Waals surface area contributed by atoms with Gasteiger partial charge in [0.1, 0.15) is 15.8 Å². The molecule has 0 unspecified atom stereocenters. The van der Waals surface area contributed by atoms with Gasteiger partial charge >= 0.3 is 5.97 Å². The van der Waals surface area contributed by atoms with Crippen molar-refractivity contribution in [3.63, 3.8) is 0 Å². The Bertz CT molecular complexity index is 905. The summed E-state index contributed by atoms with van der Waals surface area (Å²) < 4.78 is 6.93. The molecule has 1 aromatic carbocycles. The summed E-state index contributed by atoms with van der Waals surface area (Å²) in [6.45, 7) is 7.91. The molecule has 0 aliphatic carbocycles. The summed E-state index contributed by atoms with van der Waals surface area (Å²) in [6.07, 6.45) is 1.79. The summed E-state index contributed by atoms with van der Waals surface area (Å²) >= 11 is 1.34. The van der Waals surface area contributed by atoms with Crippen LogP contribution in [0.15, 0.2) is 35.5 Å². The molecule has 0 saturated carbocycles. The van der Waals surface area contributed by atoms with E-state index in [1.807, 2.05) is 49.7 Å². The lowest BCUT2D eigenvalue weighted by Crippen LogP contribution is -2.17. The Balaban J connectivity index is 2.07. The molecule has 7 heteroatoms. The van der Waals surface area contributed by atoms with Gasteiger partial charge in [0.2, 0.25) is 0 Å². The number of benzene rings is 1. The van der Waals surface area contributed by atoms with Crippen molar-refractivity contribution in [2.75, 3.05) is 6.61 Å².